The zero-order chi connectivity index (χ0) is 13.8. The highest BCUT2D eigenvalue weighted by atomic mass is 35.5. The molecule has 0 saturated heterocycles. The lowest BCUT2D eigenvalue weighted by Crippen LogP contribution is -1.98. The molecule has 3 aromatic rings. The average molecular weight is 304 g/mol. The summed E-state index contributed by atoms with van der Waals surface area (Å²) in [6.07, 6.45) is 5.31. The Labute approximate surface area is 124 Å². The summed E-state index contributed by atoms with van der Waals surface area (Å²) >= 11 is 7.49. The third-order valence-corrected chi connectivity index (χ3v) is 3.69. The van der Waals surface area contributed by atoms with E-state index >= 15 is 0 Å². The maximum atomic E-state index is 6.06. The van der Waals surface area contributed by atoms with Crippen LogP contribution in [-0.2, 0) is 6.54 Å². The molecule has 0 radical (unpaired) electrons. The first kappa shape index (κ1) is 13.0. The Kier molecular flexibility index (Phi) is 3.85. The number of nitrogens with zero attached hydrogens (tertiary/aromatic N) is 5. The van der Waals surface area contributed by atoms with Crippen LogP contribution in [-0.4, -0.2) is 26.2 Å². The van der Waals surface area contributed by atoms with E-state index in [1.807, 2.05) is 36.5 Å². The summed E-state index contributed by atoms with van der Waals surface area (Å²) < 4.78 is 1.79. The van der Waals surface area contributed by atoms with Gasteiger partial charge in [-0.2, -0.15) is 5.10 Å². The molecular formula is C13H10ClN5S. The molecule has 0 bridgehead atoms. The second kappa shape index (κ2) is 5.94. The van der Waals surface area contributed by atoms with Gasteiger partial charge in [-0.05, 0) is 12.1 Å². The van der Waals surface area contributed by atoms with Gasteiger partial charge < -0.3 is 0 Å². The highest BCUT2D eigenvalue weighted by Crippen LogP contribution is 2.20. The van der Waals surface area contributed by atoms with Crippen molar-refractivity contribution in [1.29, 1.82) is 0 Å². The molecule has 0 fully saturated rings. The quantitative estimate of drug-likeness (QED) is 0.696. The maximum absolute atomic E-state index is 6.06. The van der Waals surface area contributed by atoms with Gasteiger partial charge in [0.15, 0.2) is 0 Å². The Morgan fingerprint density at radius 1 is 1.25 bits per heavy atom. The minimum absolute atomic E-state index is 0.603. The molecule has 2 aromatic heterocycles. The SMILES string of the molecule is Clc1ccccc1/C=N\c1nnc(Cn2cccn2)s1. The van der Waals surface area contributed by atoms with Crippen LogP contribution in [0.4, 0.5) is 5.13 Å². The molecular weight excluding hydrogens is 294 g/mol. The summed E-state index contributed by atoms with van der Waals surface area (Å²) in [5, 5.41) is 14.4. The molecule has 3 rings (SSSR count). The largest absolute Gasteiger partial charge is 0.266 e. The van der Waals surface area contributed by atoms with Gasteiger partial charge in [0.2, 0.25) is 5.13 Å². The molecule has 0 N–H and O–H groups in total. The number of aliphatic imine (C=N–C) groups is 1. The van der Waals surface area contributed by atoms with Crippen LogP contribution < -0.4 is 0 Å². The summed E-state index contributed by atoms with van der Waals surface area (Å²) in [5.41, 5.74) is 0.859. The number of halogens is 1. The van der Waals surface area contributed by atoms with E-state index in [2.05, 4.69) is 20.3 Å². The van der Waals surface area contributed by atoms with Crippen molar-refractivity contribution < 1.29 is 0 Å². The van der Waals surface area contributed by atoms with Gasteiger partial charge >= 0.3 is 0 Å². The smallest absolute Gasteiger partial charge is 0.231 e. The molecule has 100 valence electrons. The summed E-state index contributed by atoms with van der Waals surface area (Å²) in [4.78, 5) is 4.29. The lowest BCUT2D eigenvalue weighted by Gasteiger charge is -1.94. The molecule has 0 unspecified atom stereocenters. The molecule has 5 nitrogen and oxygen atoms in total. The van der Waals surface area contributed by atoms with Gasteiger partial charge in [-0.3, -0.25) is 4.68 Å². The molecule has 0 amide bonds. The summed E-state index contributed by atoms with van der Waals surface area (Å²) in [6.45, 7) is 0.603. The van der Waals surface area contributed by atoms with Crippen LogP contribution >= 0.6 is 22.9 Å². The van der Waals surface area contributed by atoms with E-state index < -0.39 is 0 Å². The van der Waals surface area contributed by atoms with Crippen molar-refractivity contribution in [3.05, 3.63) is 58.3 Å². The predicted molar refractivity (Wildman–Crippen MR) is 79.9 cm³/mol. The van der Waals surface area contributed by atoms with Crippen molar-refractivity contribution in [3.8, 4) is 0 Å². The number of rotatable bonds is 4. The van der Waals surface area contributed by atoms with Crippen LogP contribution in [0.2, 0.25) is 5.02 Å². The Balaban J connectivity index is 1.73. The van der Waals surface area contributed by atoms with Crippen molar-refractivity contribution in [3.63, 3.8) is 0 Å². The molecule has 0 spiro atoms. The Morgan fingerprint density at radius 3 is 2.95 bits per heavy atom. The average Bonchev–Trinajstić information content (AvgIpc) is 3.10. The zero-order valence-corrected chi connectivity index (χ0v) is 11.9. The molecule has 7 heteroatoms. The van der Waals surface area contributed by atoms with Crippen molar-refractivity contribution in [1.82, 2.24) is 20.0 Å². The third kappa shape index (κ3) is 3.09. The van der Waals surface area contributed by atoms with Crippen LogP contribution in [0.3, 0.4) is 0 Å². The van der Waals surface area contributed by atoms with Crippen LogP contribution in [0.15, 0.2) is 47.7 Å². The minimum atomic E-state index is 0.603. The first-order chi connectivity index (χ1) is 9.81. The van der Waals surface area contributed by atoms with Crippen LogP contribution in [0, 0.1) is 0 Å². The monoisotopic (exact) mass is 303 g/mol. The van der Waals surface area contributed by atoms with Gasteiger partial charge in [0.1, 0.15) is 5.01 Å². The first-order valence-corrected chi connectivity index (χ1v) is 7.09. The van der Waals surface area contributed by atoms with E-state index in [4.69, 9.17) is 11.6 Å². The van der Waals surface area contributed by atoms with Gasteiger partial charge in [-0.15, -0.1) is 10.2 Å². The summed E-state index contributed by atoms with van der Waals surface area (Å²) in [7, 11) is 0. The van der Waals surface area contributed by atoms with E-state index in [9.17, 15) is 0 Å². The van der Waals surface area contributed by atoms with Crippen LogP contribution in [0.5, 0.6) is 0 Å². The lowest BCUT2D eigenvalue weighted by atomic mass is 10.2. The molecule has 20 heavy (non-hydrogen) atoms. The number of hydrogen-bond donors (Lipinski definition) is 0. The van der Waals surface area contributed by atoms with E-state index in [1.165, 1.54) is 11.3 Å². The number of benzene rings is 1. The third-order valence-electron chi connectivity index (χ3n) is 2.53. The number of hydrogen-bond acceptors (Lipinski definition) is 5. The van der Waals surface area contributed by atoms with Gasteiger partial charge in [-0.25, -0.2) is 4.99 Å². The predicted octanol–water partition coefficient (Wildman–Crippen LogP) is 3.19. The molecule has 0 aliphatic carbocycles. The first-order valence-electron chi connectivity index (χ1n) is 5.90. The fourth-order valence-corrected chi connectivity index (χ4v) is 2.46. The zero-order valence-electron chi connectivity index (χ0n) is 10.3. The second-order valence-corrected chi connectivity index (χ2v) is 5.41. The van der Waals surface area contributed by atoms with Crippen molar-refractivity contribution in [2.24, 2.45) is 4.99 Å². The van der Waals surface area contributed by atoms with Gasteiger partial charge in [0.25, 0.3) is 0 Å². The van der Waals surface area contributed by atoms with Gasteiger partial charge in [-0.1, -0.05) is 41.1 Å². The molecule has 0 saturated carbocycles. The normalized spacial score (nSPS) is 11.2. The molecule has 0 aliphatic rings. The van der Waals surface area contributed by atoms with E-state index in [0.29, 0.717) is 16.7 Å². The summed E-state index contributed by atoms with van der Waals surface area (Å²) in [6, 6.07) is 9.39. The Bertz CT molecular complexity index is 720. The molecule has 0 atom stereocenters. The highest BCUT2D eigenvalue weighted by molar-refractivity contribution is 7.14. The van der Waals surface area contributed by atoms with Crippen molar-refractivity contribution in [2.75, 3.05) is 0 Å². The molecule has 2 heterocycles. The maximum Gasteiger partial charge on any atom is 0.231 e. The van der Waals surface area contributed by atoms with Crippen molar-refractivity contribution >= 4 is 34.3 Å². The standard InChI is InChI=1S/C13H10ClN5S/c14-11-5-2-1-4-10(11)8-15-13-18-17-12(20-13)9-19-7-3-6-16-19/h1-8H,9H2/b15-8-. The fourth-order valence-electron chi connectivity index (χ4n) is 1.60. The van der Waals surface area contributed by atoms with E-state index in [0.717, 1.165) is 10.6 Å². The Morgan fingerprint density at radius 2 is 2.15 bits per heavy atom. The van der Waals surface area contributed by atoms with Crippen LogP contribution in [0.1, 0.15) is 10.6 Å². The van der Waals surface area contributed by atoms with Gasteiger partial charge in [0, 0.05) is 29.2 Å². The van der Waals surface area contributed by atoms with Gasteiger partial charge in [0.05, 0.1) is 6.54 Å². The Hall–Kier alpha value is -2.05. The lowest BCUT2D eigenvalue weighted by molar-refractivity contribution is 0.677. The summed E-state index contributed by atoms with van der Waals surface area (Å²) in [5.74, 6) is 0. The van der Waals surface area contributed by atoms with Crippen LogP contribution in [0.25, 0.3) is 0 Å². The van der Waals surface area contributed by atoms with E-state index in [1.54, 1.807) is 17.1 Å². The highest BCUT2D eigenvalue weighted by Gasteiger charge is 2.04. The molecule has 0 aliphatic heterocycles. The van der Waals surface area contributed by atoms with Crippen molar-refractivity contribution in [2.45, 2.75) is 6.54 Å². The second-order valence-electron chi connectivity index (χ2n) is 3.96. The minimum Gasteiger partial charge on any atom is -0.266 e. The number of aromatic nitrogens is 4. The fraction of sp³-hybridized carbons (Fsp3) is 0.0769. The topological polar surface area (TPSA) is 56.0 Å². The molecule has 1 aromatic carbocycles. The van der Waals surface area contributed by atoms with E-state index in [-0.39, 0.29) is 0 Å².